The van der Waals surface area contributed by atoms with E-state index in [9.17, 15) is 9.59 Å². The first-order valence-electron chi connectivity index (χ1n) is 9.58. The fraction of sp³-hybridized carbons (Fsp3) is 0.895. The maximum absolute atomic E-state index is 12.8. The van der Waals surface area contributed by atoms with Crippen LogP contribution < -0.4 is 5.32 Å². The Morgan fingerprint density at radius 1 is 1.17 bits per heavy atom. The Balaban J connectivity index is 2.48. The summed E-state index contributed by atoms with van der Waals surface area (Å²) in [5.41, 5.74) is 0. The second-order valence-corrected chi connectivity index (χ2v) is 7.24. The maximum atomic E-state index is 12.8. The molecule has 0 bridgehead atoms. The number of carbonyl (C=O) groups is 2. The zero-order valence-electron chi connectivity index (χ0n) is 15.6. The molecule has 1 aliphatic heterocycles. The number of unbranched alkanes of at least 4 members (excludes halogenated alkanes) is 3. The van der Waals surface area contributed by atoms with Crippen molar-refractivity contribution in [1.82, 2.24) is 10.2 Å². The van der Waals surface area contributed by atoms with E-state index in [2.05, 4.69) is 19.2 Å². The van der Waals surface area contributed by atoms with Gasteiger partial charge in [-0.2, -0.15) is 0 Å². The van der Waals surface area contributed by atoms with Crippen LogP contribution in [0.3, 0.4) is 0 Å². The normalized spacial score (nSPS) is 19.7. The number of rotatable bonds is 9. The van der Waals surface area contributed by atoms with E-state index in [0.29, 0.717) is 12.5 Å². The standard InChI is InChI=1S/C19H36N2O2/c1-5-7-8-9-11-16(6-2)19(23)21-13-10-12-17(14-21)20-18(22)15(3)4/h15-17H,5-14H2,1-4H3,(H,20,22). The molecule has 0 aromatic rings. The van der Waals surface area contributed by atoms with Gasteiger partial charge in [0, 0.05) is 31.0 Å². The fourth-order valence-electron chi connectivity index (χ4n) is 3.24. The number of carbonyl (C=O) groups excluding carboxylic acids is 2. The molecule has 4 nitrogen and oxygen atoms in total. The Kier molecular flexibility index (Phi) is 9.27. The van der Waals surface area contributed by atoms with Gasteiger partial charge >= 0.3 is 0 Å². The summed E-state index contributed by atoms with van der Waals surface area (Å²) in [4.78, 5) is 26.6. The molecular weight excluding hydrogens is 288 g/mol. The van der Waals surface area contributed by atoms with Gasteiger partial charge in [0.2, 0.25) is 11.8 Å². The van der Waals surface area contributed by atoms with Crippen molar-refractivity contribution in [1.29, 1.82) is 0 Å². The molecule has 0 saturated carbocycles. The molecule has 0 radical (unpaired) electrons. The molecule has 4 heteroatoms. The van der Waals surface area contributed by atoms with Gasteiger partial charge in [0.15, 0.2) is 0 Å². The fourth-order valence-corrected chi connectivity index (χ4v) is 3.24. The van der Waals surface area contributed by atoms with Gasteiger partial charge in [-0.15, -0.1) is 0 Å². The van der Waals surface area contributed by atoms with E-state index in [1.165, 1.54) is 19.3 Å². The number of piperidine rings is 1. The third-order valence-corrected chi connectivity index (χ3v) is 4.85. The SMILES string of the molecule is CCCCCCC(CC)C(=O)N1CCCC(NC(=O)C(C)C)C1. The molecule has 0 aromatic carbocycles. The molecule has 0 aliphatic carbocycles. The molecule has 1 fully saturated rings. The molecule has 0 aromatic heterocycles. The highest BCUT2D eigenvalue weighted by molar-refractivity contribution is 5.80. The average Bonchev–Trinajstić information content (AvgIpc) is 2.54. The summed E-state index contributed by atoms with van der Waals surface area (Å²) < 4.78 is 0. The largest absolute Gasteiger partial charge is 0.351 e. The number of amides is 2. The van der Waals surface area contributed by atoms with Crippen LogP contribution in [0, 0.1) is 11.8 Å². The summed E-state index contributed by atoms with van der Waals surface area (Å²) in [5.74, 6) is 0.554. The lowest BCUT2D eigenvalue weighted by Gasteiger charge is -2.35. The van der Waals surface area contributed by atoms with E-state index in [1.807, 2.05) is 18.7 Å². The van der Waals surface area contributed by atoms with Gasteiger partial charge < -0.3 is 10.2 Å². The van der Waals surface area contributed by atoms with Crippen LogP contribution in [-0.4, -0.2) is 35.8 Å². The summed E-state index contributed by atoms with van der Waals surface area (Å²) in [7, 11) is 0. The van der Waals surface area contributed by atoms with Crippen LogP contribution in [0.25, 0.3) is 0 Å². The van der Waals surface area contributed by atoms with E-state index in [1.54, 1.807) is 0 Å². The minimum absolute atomic E-state index is 0.00281. The first kappa shape index (κ1) is 20.0. The van der Waals surface area contributed by atoms with E-state index in [4.69, 9.17) is 0 Å². The first-order chi connectivity index (χ1) is 11.0. The van der Waals surface area contributed by atoms with Crippen molar-refractivity contribution in [2.24, 2.45) is 11.8 Å². The van der Waals surface area contributed by atoms with Crippen LogP contribution in [0.5, 0.6) is 0 Å². The Hall–Kier alpha value is -1.06. The lowest BCUT2D eigenvalue weighted by Crippen LogP contribution is -2.51. The molecule has 0 spiro atoms. The number of hydrogen-bond acceptors (Lipinski definition) is 2. The van der Waals surface area contributed by atoms with E-state index < -0.39 is 0 Å². The monoisotopic (exact) mass is 324 g/mol. The third kappa shape index (κ3) is 6.92. The van der Waals surface area contributed by atoms with Gasteiger partial charge in [0.05, 0.1) is 0 Å². The molecular formula is C19H36N2O2. The van der Waals surface area contributed by atoms with Crippen molar-refractivity contribution in [2.75, 3.05) is 13.1 Å². The van der Waals surface area contributed by atoms with Gasteiger partial charge in [-0.1, -0.05) is 53.4 Å². The van der Waals surface area contributed by atoms with Crippen molar-refractivity contribution in [3.05, 3.63) is 0 Å². The molecule has 1 aliphatic rings. The Morgan fingerprint density at radius 3 is 2.52 bits per heavy atom. The highest BCUT2D eigenvalue weighted by Gasteiger charge is 2.28. The second kappa shape index (κ2) is 10.7. The minimum atomic E-state index is 0.00281. The zero-order chi connectivity index (χ0) is 17.2. The Labute approximate surface area is 142 Å². The van der Waals surface area contributed by atoms with Crippen LogP contribution in [0.4, 0.5) is 0 Å². The molecule has 2 amide bonds. The van der Waals surface area contributed by atoms with Gasteiger partial charge in [-0.25, -0.2) is 0 Å². The van der Waals surface area contributed by atoms with Gasteiger partial charge in [-0.05, 0) is 25.7 Å². The van der Waals surface area contributed by atoms with Crippen LogP contribution in [0.1, 0.15) is 79.1 Å². The topological polar surface area (TPSA) is 49.4 Å². The predicted octanol–water partition coefficient (Wildman–Crippen LogP) is 3.75. The number of nitrogens with one attached hydrogen (secondary N) is 1. The smallest absolute Gasteiger partial charge is 0.225 e. The van der Waals surface area contributed by atoms with Crippen LogP contribution >= 0.6 is 0 Å². The van der Waals surface area contributed by atoms with E-state index in [-0.39, 0.29) is 23.8 Å². The zero-order valence-corrected chi connectivity index (χ0v) is 15.6. The lowest BCUT2D eigenvalue weighted by atomic mass is 9.95. The number of likely N-dealkylation sites (tertiary alicyclic amines) is 1. The van der Waals surface area contributed by atoms with Gasteiger partial charge in [0.1, 0.15) is 0 Å². The van der Waals surface area contributed by atoms with Gasteiger partial charge in [0.25, 0.3) is 0 Å². The molecule has 134 valence electrons. The van der Waals surface area contributed by atoms with Crippen molar-refractivity contribution < 1.29 is 9.59 Å². The molecule has 2 atom stereocenters. The number of hydrogen-bond donors (Lipinski definition) is 1. The van der Waals surface area contributed by atoms with E-state index >= 15 is 0 Å². The van der Waals surface area contributed by atoms with Gasteiger partial charge in [-0.3, -0.25) is 9.59 Å². The van der Waals surface area contributed by atoms with Crippen molar-refractivity contribution in [3.8, 4) is 0 Å². The second-order valence-electron chi connectivity index (χ2n) is 7.24. The minimum Gasteiger partial charge on any atom is -0.351 e. The Morgan fingerprint density at radius 2 is 1.91 bits per heavy atom. The number of nitrogens with zero attached hydrogens (tertiary/aromatic N) is 1. The Bertz CT molecular complexity index is 368. The summed E-state index contributed by atoms with van der Waals surface area (Å²) in [5, 5.41) is 3.09. The summed E-state index contributed by atoms with van der Waals surface area (Å²) in [6.07, 6.45) is 8.77. The molecule has 2 unspecified atom stereocenters. The molecule has 1 N–H and O–H groups in total. The molecule has 1 rings (SSSR count). The average molecular weight is 325 g/mol. The third-order valence-electron chi connectivity index (χ3n) is 4.85. The summed E-state index contributed by atoms with van der Waals surface area (Å²) in [6.45, 7) is 9.67. The van der Waals surface area contributed by atoms with Crippen LogP contribution in [0.15, 0.2) is 0 Å². The van der Waals surface area contributed by atoms with Crippen LogP contribution in [-0.2, 0) is 9.59 Å². The predicted molar refractivity (Wildman–Crippen MR) is 95.1 cm³/mol. The molecule has 1 saturated heterocycles. The van der Waals surface area contributed by atoms with Crippen molar-refractivity contribution in [3.63, 3.8) is 0 Å². The van der Waals surface area contributed by atoms with E-state index in [0.717, 1.165) is 38.6 Å². The van der Waals surface area contributed by atoms with Crippen LogP contribution in [0.2, 0.25) is 0 Å². The molecule has 23 heavy (non-hydrogen) atoms. The molecule has 1 heterocycles. The van der Waals surface area contributed by atoms with Crippen molar-refractivity contribution in [2.45, 2.75) is 85.1 Å². The quantitative estimate of drug-likeness (QED) is 0.657. The lowest BCUT2D eigenvalue weighted by molar-refractivity contribution is -0.138. The summed E-state index contributed by atoms with van der Waals surface area (Å²) >= 11 is 0. The maximum Gasteiger partial charge on any atom is 0.225 e. The highest BCUT2D eigenvalue weighted by atomic mass is 16.2. The summed E-state index contributed by atoms with van der Waals surface area (Å²) in [6, 6.07) is 0.125. The first-order valence-corrected chi connectivity index (χ1v) is 9.58. The highest BCUT2D eigenvalue weighted by Crippen LogP contribution is 2.20. The van der Waals surface area contributed by atoms with Crippen molar-refractivity contribution >= 4 is 11.8 Å².